The second-order valence-corrected chi connectivity index (χ2v) is 3.40. The summed E-state index contributed by atoms with van der Waals surface area (Å²) in [6, 6.07) is 1.67. The Labute approximate surface area is 86.5 Å². The molecule has 0 aliphatic rings. The molecule has 0 fully saturated rings. The molecule has 2 aromatic heterocycles. The first-order valence-corrected chi connectivity index (χ1v) is 4.50. The Kier molecular flexibility index (Phi) is 2.37. The number of nitrogens with one attached hydrogen (secondary N) is 1. The van der Waals surface area contributed by atoms with Crippen molar-refractivity contribution >= 4 is 23.1 Å². The van der Waals surface area contributed by atoms with E-state index in [0.717, 1.165) is 0 Å². The van der Waals surface area contributed by atoms with Crippen LogP contribution in [0.5, 0.6) is 0 Å². The van der Waals surface area contributed by atoms with E-state index in [0.29, 0.717) is 16.7 Å². The van der Waals surface area contributed by atoms with Crippen LogP contribution in [0.3, 0.4) is 0 Å². The van der Waals surface area contributed by atoms with Gasteiger partial charge < -0.3 is 9.88 Å². The molecule has 4 nitrogen and oxygen atoms in total. The first kappa shape index (κ1) is 9.64. The van der Waals surface area contributed by atoms with Gasteiger partial charge in [-0.25, -0.2) is 14.4 Å². The Balaban J connectivity index is 2.52. The Bertz CT molecular complexity index is 501. The van der Waals surface area contributed by atoms with Crippen LogP contribution in [0, 0.1) is 5.82 Å². The van der Waals surface area contributed by atoms with Crippen molar-refractivity contribution in [1.29, 1.82) is 0 Å². The monoisotopic (exact) mass is 206 g/mol. The molecule has 0 radical (unpaired) electrons. The Morgan fingerprint density at radius 1 is 1.53 bits per heavy atom. The third-order valence-electron chi connectivity index (χ3n) is 1.94. The molecular formula is C10H11FN4. The van der Waals surface area contributed by atoms with Crippen LogP contribution >= 0.6 is 0 Å². The van der Waals surface area contributed by atoms with Crippen molar-refractivity contribution in [1.82, 2.24) is 14.9 Å². The maximum atomic E-state index is 13.3. The normalized spacial score (nSPS) is 11.4. The summed E-state index contributed by atoms with van der Waals surface area (Å²) in [5.41, 5.74) is 0.619. The fraction of sp³-hybridized carbons (Fsp3) is 0.200. The van der Waals surface area contributed by atoms with Crippen LogP contribution in [-0.4, -0.2) is 35.3 Å². The highest BCUT2D eigenvalue weighted by atomic mass is 19.1. The van der Waals surface area contributed by atoms with Gasteiger partial charge in [0.1, 0.15) is 0 Å². The minimum absolute atomic E-state index is 0.338. The van der Waals surface area contributed by atoms with E-state index in [1.807, 2.05) is 14.1 Å². The number of aliphatic imine (C=N–C) groups is 1. The summed E-state index contributed by atoms with van der Waals surface area (Å²) in [5, 5.41) is 0.510. The fourth-order valence-electron chi connectivity index (χ4n) is 1.27. The Hall–Kier alpha value is -1.91. The second kappa shape index (κ2) is 3.68. The van der Waals surface area contributed by atoms with Crippen LogP contribution in [0.1, 0.15) is 0 Å². The van der Waals surface area contributed by atoms with Crippen molar-refractivity contribution in [2.24, 2.45) is 4.99 Å². The maximum absolute atomic E-state index is 13.3. The van der Waals surface area contributed by atoms with Gasteiger partial charge in [-0.05, 0) is 6.07 Å². The van der Waals surface area contributed by atoms with Crippen LogP contribution in [0.25, 0.3) is 10.9 Å². The molecule has 5 heteroatoms. The zero-order valence-electron chi connectivity index (χ0n) is 8.53. The van der Waals surface area contributed by atoms with E-state index < -0.39 is 0 Å². The molecule has 0 aliphatic carbocycles. The molecule has 15 heavy (non-hydrogen) atoms. The molecule has 0 atom stereocenters. The van der Waals surface area contributed by atoms with Crippen LogP contribution in [-0.2, 0) is 0 Å². The van der Waals surface area contributed by atoms with Crippen LogP contribution in [0.4, 0.5) is 10.2 Å². The number of nitrogens with zero attached hydrogens (tertiary/aromatic N) is 3. The second-order valence-electron chi connectivity index (χ2n) is 3.40. The number of rotatable bonds is 2. The van der Waals surface area contributed by atoms with E-state index in [2.05, 4.69) is 15.0 Å². The van der Waals surface area contributed by atoms with Crippen molar-refractivity contribution in [3.63, 3.8) is 0 Å². The molecule has 0 saturated carbocycles. The van der Waals surface area contributed by atoms with Crippen molar-refractivity contribution in [2.75, 3.05) is 14.1 Å². The van der Waals surface area contributed by atoms with Crippen molar-refractivity contribution in [3.8, 4) is 0 Å². The Morgan fingerprint density at radius 2 is 2.33 bits per heavy atom. The van der Waals surface area contributed by atoms with Gasteiger partial charge in [0.15, 0.2) is 11.6 Å². The Morgan fingerprint density at radius 3 is 3.07 bits per heavy atom. The summed E-state index contributed by atoms with van der Waals surface area (Å²) in [4.78, 5) is 12.8. The number of hydrogen-bond donors (Lipinski definition) is 1. The molecular weight excluding hydrogens is 195 g/mol. The summed E-state index contributed by atoms with van der Waals surface area (Å²) < 4.78 is 13.3. The summed E-state index contributed by atoms with van der Waals surface area (Å²) in [7, 11) is 3.72. The van der Waals surface area contributed by atoms with E-state index in [1.165, 1.54) is 6.20 Å². The number of halogens is 1. The van der Waals surface area contributed by atoms with Gasteiger partial charge in [0.25, 0.3) is 0 Å². The number of pyridine rings is 1. The molecule has 1 N–H and O–H groups in total. The van der Waals surface area contributed by atoms with Gasteiger partial charge in [-0.15, -0.1) is 0 Å². The van der Waals surface area contributed by atoms with Crippen molar-refractivity contribution in [2.45, 2.75) is 0 Å². The third kappa shape index (κ3) is 1.81. The van der Waals surface area contributed by atoms with Gasteiger partial charge >= 0.3 is 0 Å². The minimum atomic E-state index is -0.338. The lowest BCUT2D eigenvalue weighted by molar-refractivity contribution is 0.633. The van der Waals surface area contributed by atoms with Crippen molar-refractivity contribution in [3.05, 3.63) is 24.3 Å². The van der Waals surface area contributed by atoms with Crippen LogP contribution in [0.2, 0.25) is 0 Å². The molecule has 0 amide bonds. The smallest absolute Gasteiger partial charge is 0.178 e. The average Bonchev–Trinajstić information content (AvgIpc) is 2.66. The number of hydrogen-bond acceptors (Lipinski definition) is 2. The molecule has 2 rings (SSSR count). The molecule has 2 aromatic rings. The molecule has 0 bridgehead atoms. The van der Waals surface area contributed by atoms with Crippen molar-refractivity contribution < 1.29 is 4.39 Å². The molecule has 2 heterocycles. The average molecular weight is 206 g/mol. The first-order chi connectivity index (χ1) is 7.18. The summed E-state index contributed by atoms with van der Waals surface area (Å²) in [5.74, 6) is 0.153. The predicted octanol–water partition coefficient (Wildman–Crippen LogP) is 1.92. The maximum Gasteiger partial charge on any atom is 0.178 e. The van der Waals surface area contributed by atoms with E-state index in [4.69, 9.17) is 0 Å². The van der Waals surface area contributed by atoms with Gasteiger partial charge in [0.2, 0.25) is 0 Å². The lowest BCUT2D eigenvalue weighted by Gasteiger charge is -2.02. The summed E-state index contributed by atoms with van der Waals surface area (Å²) in [6.45, 7) is 0. The highest BCUT2D eigenvalue weighted by Crippen LogP contribution is 2.23. The van der Waals surface area contributed by atoms with E-state index in [-0.39, 0.29) is 5.82 Å². The van der Waals surface area contributed by atoms with Gasteiger partial charge in [0, 0.05) is 25.7 Å². The van der Waals surface area contributed by atoms with Gasteiger partial charge in [-0.2, -0.15) is 0 Å². The summed E-state index contributed by atoms with van der Waals surface area (Å²) >= 11 is 0. The quantitative estimate of drug-likeness (QED) is 0.602. The van der Waals surface area contributed by atoms with Gasteiger partial charge in [-0.3, -0.25) is 0 Å². The lowest BCUT2D eigenvalue weighted by Crippen LogP contribution is -2.07. The number of H-pyrrole nitrogens is 1. The van der Waals surface area contributed by atoms with Crippen LogP contribution < -0.4 is 0 Å². The zero-order chi connectivity index (χ0) is 10.8. The minimum Gasteiger partial charge on any atom is -0.369 e. The highest BCUT2D eigenvalue weighted by molar-refractivity contribution is 5.88. The molecule has 0 unspecified atom stereocenters. The fourth-order valence-corrected chi connectivity index (χ4v) is 1.27. The molecule has 78 valence electrons. The summed E-state index contributed by atoms with van der Waals surface area (Å²) in [6.07, 6.45) is 4.48. The lowest BCUT2D eigenvalue weighted by atomic mass is 10.3. The number of aromatic nitrogens is 2. The zero-order valence-corrected chi connectivity index (χ0v) is 8.53. The van der Waals surface area contributed by atoms with Gasteiger partial charge in [-0.1, -0.05) is 0 Å². The molecule has 0 spiro atoms. The molecule has 0 aromatic carbocycles. The largest absolute Gasteiger partial charge is 0.369 e. The topological polar surface area (TPSA) is 44.3 Å². The first-order valence-electron chi connectivity index (χ1n) is 4.50. The highest BCUT2D eigenvalue weighted by Gasteiger charge is 2.06. The standard InChI is InChI=1S/C10H11FN4/c1-15(2)6-14-10-9-7(3-4-12-9)8(11)5-13-10/h3-6,12H,1-2H3. The molecule has 0 aliphatic heterocycles. The van der Waals surface area contributed by atoms with E-state index in [9.17, 15) is 4.39 Å². The number of fused-ring (bicyclic) bond motifs is 1. The third-order valence-corrected chi connectivity index (χ3v) is 1.94. The molecule has 0 saturated heterocycles. The van der Waals surface area contributed by atoms with Crippen LogP contribution in [0.15, 0.2) is 23.5 Å². The van der Waals surface area contributed by atoms with E-state index >= 15 is 0 Å². The number of aromatic amines is 1. The van der Waals surface area contributed by atoms with Gasteiger partial charge in [0.05, 0.1) is 18.1 Å². The SMILES string of the molecule is CN(C)C=Nc1ncc(F)c2cc[nH]c12. The van der Waals surface area contributed by atoms with E-state index in [1.54, 1.807) is 23.5 Å². The predicted molar refractivity (Wildman–Crippen MR) is 57.9 cm³/mol.